The Morgan fingerprint density at radius 1 is 0.342 bits per heavy atom. The van der Waals surface area contributed by atoms with Crippen molar-refractivity contribution in [2.75, 3.05) is 0 Å². The first-order chi connectivity index (χ1) is 17.6. The summed E-state index contributed by atoms with van der Waals surface area (Å²) in [7, 11) is 0. The second kappa shape index (κ2) is 11.8. The molecular weight excluding hydrogens is 456 g/mol. The van der Waals surface area contributed by atoms with E-state index in [4.69, 9.17) is 0 Å². The second-order valence-corrected chi connectivity index (χ2v) is 13.6. The van der Waals surface area contributed by atoms with Crippen LogP contribution in [0.3, 0.4) is 0 Å². The van der Waals surface area contributed by atoms with Crippen LogP contribution in [0.2, 0.25) is 0 Å². The van der Waals surface area contributed by atoms with E-state index >= 15 is 0 Å². The Bertz CT molecular complexity index is 1120. The molecule has 0 heterocycles. The highest BCUT2D eigenvalue weighted by molar-refractivity contribution is 5.84. The normalized spacial score (nSPS) is 12.3. The van der Waals surface area contributed by atoms with Gasteiger partial charge in [-0.05, 0) is 122 Å². The molecule has 0 heteroatoms. The van der Waals surface area contributed by atoms with E-state index in [1.807, 2.05) is 0 Å². The standard InChI is InChI=1S/C38H54/c1-21(2)29-16-31(23(5)6)37(32(17-29)24(7)8)35-20-36(28(14)15-27(35)13)38-33(25(9)10)18-30(22(3)4)19-34(38)26(11)12/h15-26H,1-14H3. The lowest BCUT2D eigenvalue weighted by molar-refractivity contribution is 0.806. The number of rotatable bonds is 8. The molecule has 3 rings (SSSR count). The summed E-state index contributed by atoms with van der Waals surface area (Å²) >= 11 is 0. The third-order valence-corrected chi connectivity index (χ3v) is 8.37. The van der Waals surface area contributed by atoms with E-state index in [-0.39, 0.29) is 0 Å². The predicted octanol–water partition coefficient (Wildman–Crippen LogP) is 12.4. The zero-order valence-electron chi connectivity index (χ0n) is 26.9. The molecule has 0 radical (unpaired) electrons. The van der Waals surface area contributed by atoms with Crippen molar-refractivity contribution < 1.29 is 0 Å². The minimum atomic E-state index is 0.466. The molecule has 0 bridgehead atoms. The van der Waals surface area contributed by atoms with Crippen LogP contribution in [0.1, 0.15) is 163 Å². The van der Waals surface area contributed by atoms with Gasteiger partial charge in [0.1, 0.15) is 0 Å². The molecule has 206 valence electrons. The molecule has 0 aromatic heterocycles. The summed E-state index contributed by atoms with van der Waals surface area (Å²) in [6, 6.07) is 15.0. The molecule has 3 aromatic carbocycles. The zero-order chi connectivity index (χ0) is 28.6. The minimum Gasteiger partial charge on any atom is -0.0587 e. The van der Waals surface area contributed by atoms with E-state index in [2.05, 4.69) is 133 Å². The Kier molecular flexibility index (Phi) is 9.39. The smallest absolute Gasteiger partial charge is 0.0111 e. The molecule has 0 nitrogen and oxygen atoms in total. The van der Waals surface area contributed by atoms with Crippen LogP contribution in [0.25, 0.3) is 22.3 Å². The first-order valence-electron chi connectivity index (χ1n) is 15.1. The number of benzene rings is 3. The lowest BCUT2D eigenvalue weighted by atomic mass is 9.77. The summed E-state index contributed by atoms with van der Waals surface area (Å²) in [6.45, 7) is 32.8. The highest BCUT2D eigenvalue weighted by atomic mass is 14.3. The van der Waals surface area contributed by atoms with Crippen LogP contribution in [0.4, 0.5) is 0 Å². The second-order valence-electron chi connectivity index (χ2n) is 13.6. The summed E-state index contributed by atoms with van der Waals surface area (Å²) in [5.74, 6) is 2.91. The van der Waals surface area contributed by atoms with Crippen LogP contribution in [0.15, 0.2) is 36.4 Å². The monoisotopic (exact) mass is 510 g/mol. The van der Waals surface area contributed by atoms with Gasteiger partial charge in [0.2, 0.25) is 0 Å². The molecule has 0 N–H and O–H groups in total. The van der Waals surface area contributed by atoms with Crippen LogP contribution in [0.5, 0.6) is 0 Å². The van der Waals surface area contributed by atoms with Crippen molar-refractivity contribution in [1.82, 2.24) is 0 Å². The highest BCUT2D eigenvalue weighted by Crippen LogP contribution is 2.45. The molecule has 0 fully saturated rings. The highest BCUT2D eigenvalue weighted by Gasteiger charge is 2.24. The van der Waals surface area contributed by atoms with E-state index < -0.39 is 0 Å². The third-order valence-electron chi connectivity index (χ3n) is 8.37. The maximum Gasteiger partial charge on any atom is -0.0111 e. The van der Waals surface area contributed by atoms with Gasteiger partial charge in [-0.3, -0.25) is 0 Å². The van der Waals surface area contributed by atoms with Gasteiger partial charge in [-0.1, -0.05) is 113 Å². The van der Waals surface area contributed by atoms with Gasteiger partial charge >= 0.3 is 0 Å². The fourth-order valence-corrected chi connectivity index (χ4v) is 5.92. The van der Waals surface area contributed by atoms with Crippen molar-refractivity contribution in [2.45, 2.75) is 132 Å². The Labute approximate surface area is 235 Å². The summed E-state index contributed by atoms with van der Waals surface area (Å²) in [5, 5.41) is 0. The average molecular weight is 511 g/mol. The lowest BCUT2D eigenvalue weighted by Crippen LogP contribution is -2.07. The number of hydrogen-bond acceptors (Lipinski definition) is 0. The van der Waals surface area contributed by atoms with Gasteiger partial charge in [-0.15, -0.1) is 0 Å². The van der Waals surface area contributed by atoms with Crippen LogP contribution in [-0.2, 0) is 0 Å². The lowest BCUT2D eigenvalue weighted by Gasteiger charge is -2.27. The molecule has 0 spiro atoms. The maximum absolute atomic E-state index is 2.55. The van der Waals surface area contributed by atoms with E-state index in [0.29, 0.717) is 35.5 Å². The fraction of sp³-hybridized carbons (Fsp3) is 0.526. The van der Waals surface area contributed by atoms with Gasteiger partial charge in [0.25, 0.3) is 0 Å². The van der Waals surface area contributed by atoms with Gasteiger partial charge in [0.05, 0.1) is 0 Å². The van der Waals surface area contributed by atoms with Gasteiger partial charge in [-0.25, -0.2) is 0 Å². The van der Waals surface area contributed by atoms with Gasteiger partial charge in [0.15, 0.2) is 0 Å². The molecule has 0 saturated carbocycles. The molecule has 0 aliphatic rings. The van der Waals surface area contributed by atoms with Crippen molar-refractivity contribution in [3.63, 3.8) is 0 Å². The summed E-state index contributed by atoms with van der Waals surface area (Å²) in [5.41, 5.74) is 17.4. The summed E-state index contributed by atoms with van der Waals surface area (Å²) in [4.78, 5) is 0. The third kappa shape index (κ3) is 5.95. The number of hydrogen-bond donors (Lipinski definition) is 0. The molecule has 0 aliphatic carbocycles. The molecule has 0 atom stereocenters. The van der Waals surface area contributed by atoms with Gasteiger partial charge < -0.3 is 0 Å². The predicted molar refractivity (Wildman–Crippen MR) is 171 cm³/mol. The molecule has 0 saturated heterocycles. The van der Waals surface area contributed by atoms with E-state index in [0.717, 1.165) is 0 Å². The average Bonchev–Trinajstić information content (AvgIpc) is 2.82. The Morgan fingerprint density at radius 3 is 0.816 bits per heavy atom. The van der Waals surface area contributed by atoms with Crippen molar-refractivity contribution in [3.05, 3.63) is 80.9 Å². The molecular formula is C38H54. The molecule has 0 amide bonds. The summed E-state index contributed by atoms with van der Waals surface area (Å²) < 4.78 is 0. The molecule has 0 aliphatic heterocycles. The first kappa shape index (κ1) is 30.2. The Hall–Kier alpha value is -2.34. The van der Waals surface area contributed by atoms with Crippen LogP contribution >= 0.6 is 0 Å². The Morgan fingerprint density at radius 2 is 0.605 bits per heavy atom. The largest absolute Gasteiger partial charge is 0.0587 e. The van der Waals surface area contributed by atoms with Crippen molar-refractivity contribution in [3.8, 4) is 22.3 Å². The maximum atomic E-state index is 2.55. The zero-order valence-corrected chi connectivity index (χ0v) is 26.9. The van der Waals surface area contributed by atoms with Crippen LogP contribution < -0.4 is 0 Å². The van der Waals surface area contributed by atoms with E-state index in [9.17, 15) is 0 Å². The molecule has 38 heavy (non-hydrogen) atoms. The van der Waals surface area contributed by atoms with Crippen LogP contribution in [0, 0.1) is 13.8 Å². The molecule has 0 unspecified atom stereocenters. The van der Waals surface area contributed by atoms with Crippen molar-refractivity contribution in [2.24, 2.45) is 0 Å². The minimum absolute atomic E-state index is 0.466. The summed E-state index contributed by atoms with van der Waals surface area (Å²) in [6.07, 6.45) is 0. The van der Waals surface area contributed by atoms with Gasteiger partial charge in [-0.2, -0.15) is 0 Å². The van der Waals surface area contributed by atoms with Crippen molar-refractivity contribution in [1.29, 1.82) is 0 Å². The fourth-order valence-electron chi connectivity index (χ4n) is 5.92. The van der Waals surface area contributed by atoms with Crippen molar-refractivity contribution >= 4 is 0 Å². The van der Waals surface area contributed by atoms with Gasteiger partial charge in [0, 0.05) is 0 Å². The number of aryl methyl sites for hydroxylation is 2. The van der Waals surface area contributed by atoms with Crippen LogP contribution in [-0.4, -0.2) is 0 Å². The Balaban J connectivity index is 2.48. The quantitative estimate of drug-likeness (QED) is 0.282. The van der Waals surface area contributed by atoms with E-state index in [1.54, 1.807) is 0 Å². The van der Waals surface area contributed by atoms with E-state index in [1.165, 1.54) is 66.8 Å². The topological polar surface area (TPSA) is 0 Å². The SMILES string of the molecule is Cc1cc(C)c(-c2c(C(C)C)cc(C(C)C)cc2C(C)C)cc1-c1c(C(C)C)cc(C(C)C)cc1C(C)C. The molecule has 3 aromatic rings. The first-order valence-corrected chi connectivity index (χ1v) is 15.1.